The van der Waals surface area contributed by atoms with Crippen LogP contribution in [0.5, 0.6) is 0 Å². The van der Waals surface area contributed by atoms with Crippen LogP contribution in [0.2, 0.25) is 0 Å². The van der Waals surface area contributed by atoms with Gasteiger partial charge in [0.1, 0.15) is 7.14 Å². The molecular formula is C28H27OP. The molecule has 0 N–H and O–H groups in total. The normalized spacial score (nSPS) is 13.0. The third-order valence-corrected chi connectivity index (χ3v) is 8.83. The molecule has 0 aromatic heterocycles. The Morgan fingerprint density at radius 2 is 1.20 bits per heavy atom. The van der Waals surface area contributed by atoms with Crippen LogP contribution in [-0.4, -0.2) is 0 Å². The molecule has 0 saturated heterocycles. The second kappa shape index (κ2) is 8.46. The summed E-state index contributed by atoms with van der Waals surface area (Å²) in [6.07, 6.45) is 0.527. The molecule has 4 aromatic carbocycles. The minimum atomic E-state index is -2.92. The minimum Gasteiger partial charge on any atom is -0.313 e. The highest BCUT2D eigenvalue weighted by Gasteiger charge is 2.31. The lowest BCUT2D eigenvalue weighted by molar-refractivity contribution is 0.586. The van der Waals surface area contributed by atoms with Gasteiger partial charge in [0.2, 0.25) is 0 Å². The third-order valence-electron chi connectivity index (χ3n) is 5.77. The Hall–Kier alpha value is -2.89. The SMILES string of the molecule is Cc1cc(C)c(CP(=O)(c2ccccc2)c2ccccc2-c2ccccc2)c(C)c1. The summed E-state index contributed by atoms with van der Waals surface area (Å²) in [4.78, 5) is 0. The van der Waals surface area contributed by atoms with E-state index in [2.05, 4.69) is 57.2 Å². The van der Waals surface area contributed by atoms with Gasteiger partial charge >= 0.3 is 0 Å². The van der Waals surface area contributed by atoms with E-state index in [0.29, 0.717) is 6.16 Å². The van der Waals surface area contributed by atoms with E-state index in [1.54, 1.807) is 0 Å². The highest BCUT2D eigenvalue weighted by molar-refractivity contribution is 7.78. The molecule has 0 aliphatic rings. The van der Waals surface area contributed by atoms with Crippen molar-refractivity contribution in [2.45, 2.75) is 26.9 Å². The van der Waals surface area contributed by atoms with Crippen molar-refractivity contribution < 1.29 is 4.57 Å². The molecule has 0 heterocycles. The molecule has 0 bridgehead atoms. The van der Waals surface area contributed by atoms with E-state index in [0.717, 1.165) is 21.7 Å². The highest BCUT2D eigenvalue weighted by atomic mass is 31.2. The van der Waals surface area contributed by atoms with Gasteiger partial charge in [0.15, 0.2) is 0 Å². The summed E-state index contributed by atoms with van der Waals surface area (Å²) in [5.41, 5.74) is 7.00. The third kappa shape index (κ3) is 3.91. The molecule has 0 saturated carbocycles. The van der Waals surface area contributed by atoms with E-state index in [1.807, 2.05) is 60.7 Å². The van der Waals surface area contributed by atoms with Crippen molar-refractivity contribution in [3.63, 3.8) is 0 Å². The molecule has 150 valence electrons. The average molecular weight is 410 g/mol. The largest absolute Gasteiger partial charge is 0.313 e. The number of benzene rings is 4. The molecule has 0 amide bonds. The van der Waals surface area contributed by atoms with Crippen LogP contribution in [0.3, 0.4) is 0 Å². The van der Waals surface area contributed by atoms with Gasteiger partial charge in [0.25, 0.3) is 0 Å². The summed E-state index contributed by atoms with van der Waals surface area (Å²) in [6.45, 7) is 6.38. The Kier molecular flexibility index (Phi) is 5.75. The lowest BCUT2D eigenvalue weighted by Gasteiger charge is -2.24. The molecule has 4 aromatic rings. The van der Waals surface area contributed by atoms with Gasteiger partial charge in [0.05, 0.1) is 0 Å². The second-order valence-corrected chi connectivity index (χ2v) is 10.8. The zero-order valence-electron chi connectivity index (χ0n) is 17.8. The Morgan fingerprint density at radius 1 is 0.667 bits per heavy atom. The van der Waals surface area contributed by atoms with Crippen LogP contribution < -0.4 is 10.6 Å². The molecule has 0 spiro atoms. The van der Waals surface area contributed by atoms with Crippen LogP contribution in [0.15, 0.2) is 97.1 Å². The van der Waals surface area contributed by atoms with Gasteiger partial charge in [-0.15, -0.1) is 0 Å². The van der Waals surface area contributed by atoms with Gasteiger partial charge in [-0.1, -0.05) is 103 Å². The molecule has 0 fully saturated rings. The predicted molar refractivity (Wildman–Crippen MR) is 130 cm³/mol. The van der Waals surface area contributed by atoms with Crippen LogP contribution in [0.4, 0.5) is 0 Å². The monoisotopic (exact) mass is 410 g/mol. The summed E-state index contributed by atoms with van der Waals surface area (Å²) in [5, 5.41) is 1.84. The van der Waals surface area contributed by atoms with Crippen molar-refractivity contribution in [3.05, 3.63) is 119 Å². The maximum absolute atomic E-state index is 15.0. The Morgan fingerprint density at radius 3 is 1.83 bits per heavy atom. The van der Waals surface area contributed by atoms with E-state index in [1.165, 1.54) is 22.3 Å². The van der Waals surface area contributed by atoms with Crippen molar-refractivity contribution in [3.8, 4) is 11.1 Å². The molecule has 0 aliphatic carbocycles. The predicted octanol–water partition coefficient (Wildman–Crippen LogP) is 6.79. The fourth-order valence-electron chi connectivity index (χ4n) is 4.32. The number of hydrogen-bond acceptors (Lipinski definition) is 1. The first-order valence-electron chi connectivity index (χ1n) is 10.4. The van der Waals surface area contributed by atoms with E-state index in [9.17, 15) is 4.57 Å². The molecule has 1 nitrogen and oxygen atoms in total. The average Bonchev–Trinajstić information content (AvgIpc) is 2.77. The first-order valence-corrected chi connectivity index (χ1v) is 12.2. The molecule has 2 heteroatoms. The molecule has 4 rings (SSSR count). The number of rotatable bonds is 5. The summed E-state index contributed by atoms with van der Waals surface area (Å²) >= 11 is 0. The molecule has 0 aliphatic heterocycles. The lowest BCUT2D eigenvalue weighted by atomic mass is 10.0. The fourth-order valence-corrected chi connectivity index (χ4v) is 7.47. The van der Waals surface area contributed by atoms with Crippen molar-refractivity contribution in [2.75, 3.05) is 0 Å². The summed E-state index contributed by atoms with van der Waals surface area (Å²) < 4.78 is 15.0. The molecule has 30 heavy (non-hydrogen) atoms. The summed E-state index contributed by atoms with van der Waals surface area (Å²) in [6, 6.07) is 32.8. The van der Waals surface area contributed by atoms with Crippen molar-refractivity contribution in [1.29, 1.82) is 0 Å². The molecule has 1 unspecified atom stereocenters. The first kappa shape index (κ1) is 20.4. The van der Waals surface area contributed by atoms with Gasteiger partial charge in [-0.3, -0.25) is 0 Å². The first-order chi connectivity index (χ1) is 14.5. The topological polar surface area (TPSA) is 17.1 Å². The lowest BCUT2D eigenvalue weighted by Crippen LogP contribution is -2.20. The van der Waals surface area contributed by atoms with E-state index in [4.69, 9.17) is 0 Å². The zero-order chi connectivity index (χ0) is 21.1. The molecule has 1 atom stereocenters. The number of aryl methyl sites for hydroxylation is 3. The smallest absolute Gasteiger partial charge is 0.148 e. The van der Waals surface area contributed by atoms with Crippen molar-refractivity contribution in [1.82, 2.24) is 0 Å². The van der Waals surface area contributed by atoms with Gasteiger partial charge < -0.3 is 4.57 Å². The Labute approximate surface area is 179 Å². The van der Waals surface area contributed by atoms with Gasteiger partial charge in [-0.05, 0) is 48.6 Å². The highest BCUT2D eigenvalue weighted by Crippen LogP contribution is 2.50. The van der Waals surface area contributed by atoms with Crippen LogP contribution in [-0.2, 0) is 10.7 Å². The minimum absolute atomic E-state index is 0.527. The van der Waals surface area contributed by atoms with E-state index in [-0.39, 0.29) is 0 Å². The fraction of sp³-hybridized carbons (Fsp3) is 0.143. The van der Waals surface area contributed by atoms with Crippen LogP contribution >= 0.6 is 7.14 Å². The van der Waals surface area contributed by atoms with Gasteiger partial charge in [-0.2, -0.15) is 0 Å². The quantitative estimate of drug-likeness (QED) is 0.331. The number of hydrogen-bond donors (Lipinski definition) is 0. The summed E-state index contributed by atoms with van der Waals surface area (Å²) in [5.74, 6) is 0. The Balaban J connectivity index is 1.95. The van der Waals surface area contributed by atoms with Gasteiger partial charge in [0, 0.05) is 16.8 Å². The summed E-state index contributed by atoms with van der Waals surface area (Å²) in [7, 11) is -2.92. The van der Waals surface area contributed by atoms with Crippen molar-refractivity contribution >= 4 is 17.8 Å². The van der Waals surface area contributed by atoms with Gasteiger partial charge in [-0.25, -0.2) is 0 Å². The van der Waals surface area contributed by atoms with E-state index >= 15 is 0 Å². The van der Waals surface area contributed by atoms with Crippen LogP contribution in [0, 0.1) is 20.8 Å². The van der Waals surface area contributed by atoms with Crippen LogP contribution in [0.25, 0.3) is 11.1 Å². The van der Waals surface area contributed by atoms with Crippen LogP contribution in [0.1, 0.15) is 22.3 Å². The zero-order valence-corrected chi connectivity index (χ0v) is 18.7. The second-order valence-electron chi connectivity index (χ2n) is 7.99. The van der Waals surface area contributed by atoms with E-state index < -0.39 is 7.14 Å². The standard InChI is InChI=1S/C28H27OP/c1-21-18-22(2)27(23(3)19-21)20-30(29,25-14-8-5-9-15-25)28-17-11-10-16-26(28)24-12-6-4-7-13-24/h4-19H,20H2,1-3H3. The molecule has 0 radical (unpaired) electrons. The molecular weight excluding hydrogens is 383 g/mol. The maximum atomic E-state index is 15.0. The van der Waals surface area contributed by atoms with Crippen molar-refractivity contribution in [2.24, 2.45) is 0 Å². The Bertz CT molecular complexity index is 1190. The maximum Gasteiger partial charge on any atom is 0.148 e.